The van der Waals surface area contributed by atoms with Gasteiger partial charge in [0.2, 0.25) is 5.89 Å². The van der Waals surface area contributed by atoms with Crippen molar-refractivity contribution in [2.75, 3.05) is 19.8 Å². The van der Waals surface area contributed by atoms with Crippen LogP contribution >= 0.6 is 0 Å². The molecule has 0 unspecified atom stereocenters. The van der Waals surface area contributed by atoms with Crippen LogP contribution in [0.25, 0.3) is 11.3 Å². The Balaban J connectivity index is 1.71. The number of hydrogen-bond acceptors (Lipinski definition) is 5. The highest BCUT2D eigenvalue weighted by Gasteiger charge is 2.14. The first kappa shape index (κ1) is 13.9. The van der Waals surface area contributed by atoms with Gasteiger partial charge in [-0.05, 0) is 30.7 Å². The summed E-state index contributed by atoms with van der Waals surface area (Å²) in [5, 5.41) is 3.31. The van der Waals surface area contributed by atoms with Gasteiger partial charge >= 0.3 is 0 Å². The molecule has 5 heteroatoms. The molecule has 21 heavy (non-hydrogen) atoms. The van der Waals surface area contributed by atoms with E-state index >= 15 is 0 Å². The molecule has 0 radical (unpaired) electrons. The van der Waals surface area contributed by atoms with E-state index in [-0.39, 0.29) is 0 Å². The number of oxazole rings is 1. The molecule has 3 rings (SSSR count). The molecule has 0 amide bonds. The Morgan fingerprint density at radius 3 is 2.81 bits per heavy atom. The van der Waals surface area contributed by atoms with Gasteiger partial charge in [-0.15, -0.1) is 0 Å². The number of ether oxygens (including phenoxy) is 2. The topological polar surface area (TPSA) is 56.5 Å². The summed E-state index contributed by atoms with van der Waals surface area (Å²) < 4.78 is 16.9. The summed E-state index contributed by atoms with van der Waals surface area (Å²) in [7, 11) is 0. The van der Waals surface area contributed by atoms with E-state index in [4.69, 9.17) is 13.9 Å². The van der Waals surface area contributed by atoms with Crippen LogP contribution in [0.4, 0.5) is 0 Å². The third-order valence-electron chi connectivity index (χ3n) is 3.21. The fourth-order valence-corrected chi connectivity index (χ4v) is 2.19. The maximum absolute atomic E-state index is 5.77. The van der Waals surface area contributed by atoms with Gasteiger partial charge in [-0.2, -0.15) is 0 Å². The first-order valence-electron chi connectivity index (χ1n) is 7.28. The van der Waals surface area contributed by atoms with E-state index in [9.17, 15) is 0 Å². The second kappa shape index (κ2) is 6.18. The second-order valence-electron chi connectivity index (χ2n) is 5.50. The van der Waals surface area contributed by atoms with Crippen LogP contribution in [0.2, 0.25) is 0 Å². The van der Waals surface area contributed by atoms with E-state index in [1.807, 2.05) is 18.2 Å². The average Bonchev–Trinajstić information content (AvgIpc) is 2.95. The number of rotatable bonds is 5. The van der Waals surface area contributed by atoms with Crippen LogP contribution in [0, 0.1) is 5.92 Å². The molecule has 1 aliphatic heterocycles. The first-order valence-corrected chi connectivity index (χ1v) is 7.28. The van der Waals surface area contributed by atoms with Gasteiger partial charge in [0.25, 0.3) is 0 Å². The minimum atomic E-state index is 0.581. The number of aromatic nitrogens is 1. The molecular weight excluding hydrogens is 268 g/mol. The molecule has 5 nitrogen and oxygen atoms in total. The quantitative estimate of drug-likeness (QED) is 0.917. The molecule has 0 saturated carbocycles. The second-order valence-corrected chi connectivity index (χ2v) is 5.50. The molecule has 2 heterocycles. The van der Waals surface area contributed by atoms with Crippen LogP contribution in [-0.2, 0) is 6.54 Å². The molecule has 0 bridgehead atoms. The zero-order chi connectivity index (χ0) is 14.7. The lowest BCUT2D eigenvalue weighted by molar-refractivity contribution is 0.171. The number of benzene rings is 1. The van der Waals surface area contributed by atoms with E-state index in [1.54, 1.807) is 6.20 Å². The predicted octanol–water partition coefficient (Wildman–Crippen LogP) is 2.86. The Bertz CT molecular complexity index is 607. The Morgan fingerprint density at radius 2 is 2.00 bits per heavy atom. The molecule has 2 aromatic rings. The third kappa shape index (κ3) is 3.36. The van der Waals surface area contributed by atoms with Crippen LogP contribution in [0.15, 0.2) is 28.8 Å². The van der Waals surface area contributed by atoms with Gasteiger partial charge in [0.15, 0.2) is 17.3 Å². The highest BCUT2D eigenvalue weighted by molar-refractivity contribution is 5.62. The minimum absolute atomic E-state index is 0.581. The van der Waals surface area contributed by atoms with Gasteiger partial charge in [-0.1, -0.05) is 13.8 Å². The summed E-state index contributed by atoms with van der Waals surface area (Å²) in [4.78, 5) is 4.30. The van der Waals surface area contributed by atoms with E-state index in [0.29, 0.717) is 31.6 Å². The lowest BCUT2D eigenvalue weighted by Gasteiger charge is -2.18. The Hall–Kier alpha value is -2.01. The van der Waals surface area contributed by atoms with Gasteiger partial charge in [0, 0.05) is 5.56 Å². The molecule has 112 valence electrons. The fourth-order valence-electron chi connectivity index (χ4n) is 2.19. The SMILES string of the molecule is CC(C)CNCc1ncc(-c2ccc3c(c2)OCCO3)o1. The Labute approximate surface area is 124 Å². The zero-order valence-electron chi connectivity index (χ0n) is 12.4. The summed E-state index contributed by atoms with van der Waals surface area (Å²) in [6, 6.07) is 5.79. The van der Waals surface area contributed by atoms with Crippen molar-refractivity contribution in [1.82, 2.24) is 10.3 Å². The Morgan fingerprint density at radius 1 is 1.19 bits per heavy atom. The number of nitrogens with one attached hydrogen (secondary N) is 1. The van der Waals surface area contributed by atoms with Crippen molar-refractivity contribution in [2.24, 2.45) is 5.92 Å². The van der Waals surface area contributed by atoms with Crippen LogP contribution < -0.4 is 14.8 Å². The lowest BCUT2D eigenvalue weighted by Crippen LogP contribution is -2.18. The molecule has 1 aliphatic rings. The molecule has 0 spiro atoms. The molecule has 0 fully saturated rings. The largest absolute Gasteiger partial charge is 0.486 e. The fraction of sp³-hybridized carbons (Fsp3) is 0.438. The molecular formula is C16H20N2O3. The van der Waals surface area contributed by atoms with E-state index in [0.717, 1.165) is 29.4 Å². The van der Waals surface area contributed by atoms with Crippen molar-refractivity contribution < 1.29 is 13.9 Å². The van der Waals surface area contributed by atoms with Crippen molar-refractivity contribution in [3.05, 3.63) is 30.3 Å². The maximum atomic E-state index is 5.77. The molecule has 0 aliphatic carbocycles. The van der Waals surface area contributed by atoms with Crippen molar-refractivity contribution >= 4 is 0 Å². The predicted molar refractivity (Wildman–Crippen MR) is 79.5 cm³/mol. The van der Waals surface area contributed by atoms with Gasteiger partial charge in [0.1, 0.15) is 13.2 Å². The van der Waals surface area contributed by atoms with Crippen molar-refractivity contribution in [3.8, 4) is 22.8 Å². The Kier molecular flexibility index (Phi) is 4.10. The summed E-state index contributed by atoms with van der Waals surface area (Å²) in [5.41, 5.74) is 0.946. The first-order chi connectivity index (χ1) is 10.2. The van der Waals surface area contributed by atoms with Crippen LogP contribution in [0.5, 0.6) is 11.5 Å². The zero-order valence-corrected chi connectivity index (χ0v) is 12.4. The molecule has 1 aromatic carbocycles. The molecule has 0 atom stereocenters. The summed E-state index contributed by atoms with van der Waals surface area (Å²) >= 11 is 0. The maximum Gasteiger partial charge on any atom is 0.208 e. The minimum Gasteiger partial charge on any atom is -0.486 e. The monoisotopic (exact) mass is 288 g/mol. The van der Waals surface area contributed by atoms with Gasteiger partial charge in [-0.3, -0.25) is 0 Å². The van der Waals surface area contributed by atoms with Crippen molar-refractivity contribution in [3.63, 3.8) is 0 Å². The average molecular weight is 288 g/mol. The van der Waals surface area contributed by atoms with Gasteiger partial charge in [-0.25, -0.2) is 4.98 Å². The van der Waals surface area contributed by atoms with Crippen LogP contribution in [-0.4, -0.2) is 24.7 Å². The van der Waals surface area contributed by atoms with E-state index in [1.165, 1.54) is 0 Å². The standard InChI is InChI=1S/C16H20N2O3/c1-11(2)8-17-10-16-18-9-15(21-16)12-3-4-13-14(7-12)20-6-5-19-13/h3-4,7,9,11,17H,5-6,8,10H2,1-2H3. The lowest BCUT2D eigenvalue weighted by atomic mass is 10.1. The van der Waals surface area contributed by atoms with Gasteiger partial charge in [0.05, 0.1) is 12.7 Å². The number of hydrogen-bond donors (Lipinski definition) is 1. The van der Waals surface area contributed by atoms with Crippen molar-refractivity contribution in [2.45, 2.75) is 20.4 Å². The van der Waals surface area contributed by atoms with Crippen LogP contribution in [0.1, 0.15) is 19.7 Å². The smallest absolute Gasteiger partial charge is 0.208 e. The highest BCUT2D eigenvalue weighted by Crippen LogP contribution is 2.34. The highest BCUT2D eigenvalue weighted by atomic mass is 16.6. The van der Waals surface area contributed by atoms with E-state index < -0.39 is 0 Å². The van der Waals surface area contributed by atoms with Crippen LogP contribution in [0.3, 0.4) is 0 Å². The van der Waals surface area contributed by atoms with Gasteiger partial charge < -0.3 is 19.2 Å². The van der Waals surface area contributed by atoms with Crippen molar-refractivity contribution in [1.29, 1.82) is 0 Å². The molecule has 0 saturated heterocycles. The molecule has 1 aromatic heterocycles. The number of fused-ring (bicyclic) bond motifs is 1. The normalized spacial score (nSPS) is 13.7. The summed E-state index contributed by atoms with van der Waals surface area (Å²) in [6.45, 7) is 7.11. The number of nitrogens with zero attached hydrogens (tertiary/aromatic N) is 1. The third-order valence-corrected chi connectivity index (χ3v) is 3.21. The van der Waals surface area contributed by atoms with E-state index in [2.05, 4.69) is 24.1 Å². The summed E-state index contributed by atoms with van der Waals surface area (Å²) in [6.07, 6.45) is 1.75. The summed E-state index contributed by atoms with van der Waals surface area (Å²) in [5.74, 6) is 3.59. The molecule has 1 N–H and O–H groups in total.